The lowest BCUT2D eigenvalue weighted by molar-refractivity contribution is -0.143. The number of carboxylic acids is 1. The first-order valence-electron chi connectivity index (χ1n) is 12.8. The maximum atomic E-state index is 12.6. The minimum atomic E-state index is -0.707. The molecule has 4 heterocycles. The summed E-state index contributed by atoms with van der Waals surface area (Å²) in [5.74, 6) is 0.545. The summed E-state index contributed by atoms with van der Waals surface area (Å²) in [6.45, 7) is 5.06. The molecule has 3 fully saturated rings. The second-order valence-corrected chi connectivity index (χ2v) is 9.87. The minimum Gasteiger partial charge on any atom is -0.481 e. The van der Waals surface area contributed by atoms with Crippen LogP contribution < -0.4 is 10.2 Å². The van der Waals surface area contributed by atoms with Crippen LogP contribution in [0.4, 0.5) is 16.6 Å². The van der Waals surface area contributed by atoms with Crippen LogP contribution in [-0.4, -0.2) is 88.4 Å². The van der Waals surface area contributed by atoms with E-state index < -0.39 is 5.97 Å². The lowest BCUT2D eigenvalue weighted by Gasteiger charge is -2.36. The van der Waals surface area contributed by atoms with E-state index in [-0.39, 0.29) is 24.2 Å². The molecule has 2 N–H and O–H groups in total. The Kier molecular flexibility index (Phi) is 7.50. The summed E-state index contributed by atoms with van der Waals surface area (Å²) in [4.78, 5) is 39.2. The molecule has 192 valence electrons. The van der Waals surface area contributed by atoms with Crippen molar-refractivity contribution in [1.29, 1.82) is 0 Å². The van der Waals surface area contributed by atoms with Gasteiger partial charge in [0.05, 0.1) is 12.5 Å². The van der Waals surface area contributed by atoms with Gasteiger partial charge in [0.25, 0.3) is 0 Å². The number of nitrogens with zero attached hydrogens (tertiary/aromatic N) is 5. The average molecular weight is 495 g/mol. The Morgan fingerprint density at radius 1 is 1.06 bits per heavy atom. The van der Waals surface area contributed by atoms with Gasteiger partial charge < -0.3 is 25.0 Å². The Morgan fingerprint density at radius 2 is 1.81 bits per heavy atom. The van der Waals surface area contributed by atoms with Gasteiger partial charge in [-0.3, -0.25) is 9.69 Å². The normalized spacial score (nSPS) is 22.0. The van der Waals surface area contributed by atoms with Crippen molar-refractivity contribution in [3.05, 3.63) is 48.2 Å². The predicted octanol–water partition coefficient (Wildman–Crippen LogP) is 2.67. The van der Waals surface area contributed by atoms with Gasteiger partial charge in [-0.1, -0.05) is 30.3 Å². The van der Waals surface area contributed by atoms with Crippen molar-refractivity contribution in [2.24, 2.45) is 5.92 Å². The largest absolute Gasteiger partial charge is 0.481 e. The summed E-state index contributed by atoms with van der Waals surface area (Å²) < 4.78 is 5.68. The molecular formula is C26H34N6O4. The number of hydrogen-bond acceptors (Lipinski definition) is 8. The number of nitrogens with one attached hydrogen (secondary N) is 1. The third kappa shape index (κ3) is 5.87. The van der Waals surface area contributed by atoms with Crippen LogP contribution in [0.15, 0.2) is 42.6 Å². The molecule has 3 saturated heterocycles. The van der Waals surface area contributed by atoms with E-state index in [9.17, 15) is 14.7 Å². The molecule has 1 atom stereocenters. The zero-order valence-electron chi connectivity index (χ0n) is 20.5. The molecular weight excluding hydrogens is 460 g/mol. The zero-order valence-corrected chi connectivity index (χ0v) is 20.5. The predicted molar refractivity (Wildman–Crippen MR) is 135 cm³/mol. The number of aromatic nitrogens is 2. The SMILES string of the molecule is O=C(O)C1CCN(CC2CN(C3CCN(c4ccnc(NCc5ccccc5)n4)CC3)C(=O)O2)CC1. The third-order valence-corrected chi connectivity index (χ3v) is 7.46. The quantitative estimate of drug-likeness (QED) is 0.572. The molecule has 10 heteroatoms. The first-order valence-corrected chi connectivity index (χ1v) is 12.8. The van der Waals surface area contributed by atoms with E-state index in [1.54, 1.807) is 6.20 Å². The first kappa shape index (κ1) is 24.3. The fraction of sp³-hybridized carbons (Fsp3) is 0.538. The van der Waals surface area contributed by atoms with Gasteiger partial charge in [-0.25, -0.2) is 9.78 Å². The first-order chi connectivity index (χ1) is 17.5. The van der Waals surface area contributed by atoms with E-state index in [1.807, 2.05) is 29.2 Å². The van der Waals surface area contributed by atoms with Crippen LogP contribution in [0.3, 0.4) is 0 Å². The average Bonchev–Trinajstić information content (AvgIpc) is 3.28. The fourth-order valence-corrected chi connectivity index (χ4v) is 5.38. The van der Waals surface area contributed by atoms with E-state index >= 15 is 0 Å². The number of anilines is 2. The molecule has 10 nitrogen and oxygen atoms in total. The van der Waals surface area contributed by atoms with Gasteiger partial charge in [0.15, 0.2) is 0 Å². The lowest BCUT2D eigenvalue weighted by Crippen LogP contribution is -2.46. The van der Waals surface area contributed by atoms with Crippen molar-refractivity contribution < 1.29 is 19.4 Å². The molecule has 2 aromatic rings. The number of aliphatic carboxylic acids is 1. The number of likely N-dealkylation sites (tertiary alicyclic amines) is 1. The smallest absolute Gasteiger partial charge is 0.410 e. The Hall–Kier alpha value is -3.40. The number of cyclic esters (lactones) is 1. The third-order valence-electron chi connectivity index (χ3n) is 7.46. The Balaban J connectivity index is 1.09. The van der Waals surface area contributed by atoms with E-state index in [0.717, 1.165) is 44.8 Å². The van der Waals surface area contributed by atoms with Gasteiger partial charge in [-0.05, 0) is 50.4 Å². The maximum Gasteiger partial charge on any atom is 0.410 e. The molecule has 1 unspecified atom stereocenters. The second kappa shape index (κ2) is 11.1. The minimum absolute atomic E-state index is 0.156. The second-order valence-electron chi connectivity index (χ2n) is 9.87. The van der Waals surface area contributed by atoms with Crippen LogP contribution in [0.5, 0.6) is 0 Å². The zero-order chi connectivity index (χ0) is 24.9. The number of benzene rings is 1. The van der Waals surface area contributed by atoms with Crippen LogP contribution in [0, 0.1) is 5.92 Å². The number of rotatable bonds is 8. The van der Waals surface area contributed by atoms with E-state index in [1.165, 1.54) is 5.56 Å². The summed E-state index contributed by atoms with van der Waals surface area (Å²) in [6, 6.07) is 12.3. The number of carbonyl (C=O) groups excluding carboxylic acids is 1. The van der Waals surface area contributed by atoms with Gasteiger partial charge in [0.1, 0.15) is 11.9 Å². The molecule has 3 aliphatic rings. The van der Waals surface area contributed by atoms with Crippen molar-refractivity contribution >= 4 is 23.8 Å². The molecule has 5 rings (SSSR count). The van der Waals surface area contributed by atoms with Gasteiger partial charge in [0.2, 0.25) is 5.95 Å². The summed E-state index contributed by atoms with van der Waals surface area (Å²) >= 11 is 0. The summed E-state index contributed by atoms with van der Waals surface area (Å²) in [5.41, 5.74) is 1.17. The van der Waals surface area contributed by atoms with Crippen LogP contribution in [-0.2, 0) is 16.1 Å². The lowest BCUT2D eigenvalue weighted by atomic mass is 9.97. The van der Waals surface area contributed by atoms with E-state index in [2.05, 4.69) is 32.2 Å². The van der Waals surface area contributed by atoms with Crippen molar-refractivity contribution in [2.75, 3.05) is 49.5 Å². The van der Waals surface area contributed by atoms with Gasteiger partial charge in [0, 0.05) is 38.4 Å². The van der Waals surface area contributed by atoms with Crippen molar-refractivity contribution in [2.45, 2.75) is 44.4 Å². The van der Waals surface area contributed by atoms with Gasteiger partial charge in [-0.2, -0.15) is 4.98 Å². The van der Waals surface area contributed by atoms with Crippen molar-refractivity contribution in [1.82, 2.24) is 19.8 Å². The maximum absolute atomic E-state index is 12.6. The van der Waals surface area contributed by atoms with E-state index in [4.69, 9.17) is 9.72 Å². The van der Waals surface area contributed by atoms with Crippen LogP contribution in [0.25, 0.3) is 0 Å². The molecule has 0 bridgehead atoms. The van der Waals surface area contributed by atoms with Crippen LogP contribution >= 0.6 is 0 Å². The molecule has 3 aliphatic heterocycles. The fourth-order valence-electron chi connectivity index (χ4n) is 5.38. The molecule has 0 spiro atoms. The Bertz CT molecular complexity index is 1040. The molecule has 1 aromatic carbocycles. The van der Waals surface area contributed by atoms with Gasteiger partial charge >= 0.3 is 12.1 Å². The number of carbonyl (C=O) groups is 2. The molecule has 1 amide bonds. The van der Waals surface area contributed by atoms with Crippen molar-refractivity contribution in [3.8, 4) is 0 Å². The number of amides is 1. The number of hydrogen-bond donors (Lipinski definition) is 2. The summed E-state index contributed by atoms with van der Waals surface area (Å²) in [7, 11) is 0. The van der Waals surface area contributed by atoms with Crippen LogP contribution in [0.2, 0.25) is 0 Å². The highest BCUT2D eigenvalue weighted by Gasteiger charge is 2.38. The highest BCUT2D eigenvalue weighted by molar-refractivity contribution is 5.70. The number of ether oxygens (including phenoxy) is 1. The molecule has 0 aliphatic carbocycles. The molecule has 0 saturated carbocycles. The standard InChI is InChI=1S/C26H34N6O4/c33-24(34)20-7-12-30(13-8-20)17-22-18-32(26(35)36-22)21-9-14-31(15-10-21)23-6-11-27-25(29-23)28-16-19-4-2-1-3-5-19/h1-6,11,20-22H,7-10,12-18H2,(H,33,34)(H,27,28,29). The highest BCUT2D eigenvalue weighted by Crippen LogP contribution is 2.26. The number of piperidine rings is 2. The number of carboxylic acid groups (broad SMARTS) is 1. The molecule has 0 radical (unpaired) electrons. The molecule has 1 aromatic heterocycles. The van der Waals surface area contributed by atoms with Crippen molar-refractivity contribution in [3.63, 3.8) is 0 Å². The van der Waals surface area contributed by atoms with E-state index in [0.29, 0.717) is 38.4 Å². The van der Waals surface area contributed by atoms with Crippen LogP contribution in [0.1, 0.15) is 31.2 Å². The topological polar surface area (TPSA) is 111 Å². The monoisotopic (exact) mass is 494 g/mol. The van der Waals surface area contributed by atoms with Gasteiger partial charge in [-0.15, -0.1) is 0 Å². The summed E-state index contributed by atoms with van der Waals surface area (Å²) in [6.07, 6.45) is 4.44. The summed E-state index contributed by atoms with van der Waals surface area (Å²) in [5, 5.41) is 12.5. The Morgan fingerprint density at radius 3 is 2.53 bits per heavy atom. The molecule has 36 heavy (non-hydrogen) atoms. The highest BCUT2D eigenvalue weighted by atomic mass is 16.6. The Labute approximate surface area is 211 Å².